The summed E-state index contributed by atoms with van der Waals surface area (Å²) in [5.41, 5.74) is 0. The van der Waals surface area contributed by atoms with E-state index in [1.165, 1.54) is 6.42 Å². The molecular weight excluding hydrogens is 212 g/mol. The van der Waals surface area contributed by atoms with Crippen LogP contribution < -0.4 is 0 Å². The molecule has 1 rings (SSSR count). The second-order valence-electron chi connectivity index (χ2n) is 4.31. The van der Waals surface area contributed by atoms with Crippen LogP contribution >= 0.6 is 0 Å². The molecule has 1 atom stereocenters. The van der Waals surface area contributed by atoms with Gasteiger partial charge in [0.05, 0.1) is 2.74 Å². The fourth-order valence-corrected chi connectivity index (χ4v) is 1.82. The molecule has 0 spiro atoms. The van der Waals surface area contributed by atoms with Crippen molar-refractivity contribution >= 4 is 0 Å². The molecule has 2 nitrogen and oxygen atoms in total. The molecule has 0 radical (unpaired) electrons. The maximum absolute atomic E-state index is 7.46. The minimum absolute atomic E-state index is 0.0321. The SMILES string of the molecule is [2H]/C(C)=C([2H])\C=C/CCCCCOC1CCCCO1. The van der Waals surface area contributed by atoms with Gasteiger partial charge in [-0.1, -0.05) is 30.7 Å². The van der Waals surface area contributed by atoms with Gasteiger partial charge in [-0.3, -0.25) is 0 Å². The summed E-state index contributed by atoms with van der Waals surface area (Å²) in [6.45, 7) is 3.26. The van der Waals surface area contributed by atoms with Gasteiger partial charge in [0.2, 0.25) is 0 Å². The first kappa shape index (κ1) is 11.5. The molecule has 1 unspecified atom stereocenters. The first-order valence-electron chi connectivity index (χ1n) is 7.74. The molecule has 0 bridgehead atoms. The zero-order chi connectivity index (χ0) is 13.9. The number of unbranched alkanes of at least 4 members (excludes halogenated alkanes) is 3. The van der Waals surface area contributed by atoms with Gasteiger partial charge in [-0.25, -0.2) is 0 Å². The van der Waals surface area contributed by atoms with Gasteiger partial charge in [0.15, 0.2) is 6.29 Å². The lowest BCUT2D eigenvalue weighted by Crippen LogP contribution is -2.22. The van der Waals surface area contributed by atoms with Crippen LogP contribution in [-0.4, -0.2) is 19.5 Å². The quantitative estimate of drug-likeness (QED) is 0.467. The molecule has 0 saturated carbocycles. The van der Waals surface area contributed by atoms with Crippen molar-refractivity contribution in [2.75, 3.05) is 13.2 Å². The zero-order valence-electron chi connectivity index (χ0n) is 12.9. The maximum Gasteiger partial charge on any atom is 0.157 e. The van der Waals surface area contributed by atoms with Crippen molar-refractivity contribution in [1.29, 1.82) is 0 Å². The van der Waals surface area contributed by atoms with E-state index in [2.05, 4.69) is 0 Å². The highest BCUT2D eigenvalue weighted by molar-refractivity contribution is 5.00. The predicted octanol–water partition coefficient (Wildman–Crippen LogP) is 4.22. The minimum atomic E-state index is 0.0321. The molecule has 0 aromatic carbocycles. The summed E-state index contributed by atoms with van der Waals surface area (Å²) in [5.74, 6) is 0. The number of hydrogen-bond acceptors (Lipinski definition) is 2. The van der Waals surface area contributed by atoms with Crippen LogP contribution in [0.4, 0.5) is 0 Å². The molecule has 0 amide bonds. The van der Waals surface area contributed by atoms with Crippen molar-refractivity contribution in [3.63, 3.8) is 0 Å². The Kier molecular flexibility index (Phi) is 7.13. The molecule has 1 aliphatic heterocycles. The summed E-state index contributed by atoms with van der Waals surface area (Å²) in [4.78, 5) is 0. The van der Waals surface area contributed by atoms with Crippen LogP contribution in [0.1, 0.15) is 54.6 Å². The van der Waals surface area contributed by atoms with E-state index in [0.29, 0.717) is 12.1 Å². The van der Waals surface area contributed by atoms with Gasteiger partial charge in [-0.05, 0) is 45.4 Å². The zero-order valence-corrected chi connectivity index (χ0v) is 10.9. The second-order valence-corrected chi connectivity index (χ2v) is 4.31. The fraction of sp³-hybridized carbons (Fsp3) is 0.733. The Labute approximate surface area is 109 Å². The van der Waals surface area contributed by atoms with Gasteiger partial charge in [0.25, 0.3) is 0 Å². The van der Waals surface area contributed by atoms with E-state index < -0.39 is 0 Å². The Morgan fingerprint density at radius 1 is 1.35 bits per heavy atom. The Bertz CT molecular complexity index is 291. The van der Waals surface area contributed by atoms with Crippen LogP contribution in [0.15, 0.2) is 24.3 Å². The van der Waals surface area contributed by atoms with Gasteiger partial charge < -0.3 is 9.47 Å². The van der Waals surface area contributed by atoms with E-state index in [0.717, 1.165) is 51.7 Å². The third-order valence-corrected chi connectivity index (χ3v) is 2.80. The average molecular weight is 240 g/mol. The van der Waals surface area contributed by atoms with E-state index in [1.807, 2.05) is 6.08 Å². The summed E-state index contributed by atoms with van der Waals surface area (Å²) in [5, 5.41) is 0. The molecule has 1 saturated heterocycles. The third-order valence-electron chi connectivity index (χ3n) is 2.80. The second kappa shape index (κ2) is 10.5. The molecule has 17 heavy (non-hydrogen) atoms. The van der Waals surface area contributed by atoms with Crippen molar-refractivity contribution in [1.82, 2.24) is 0 Å². The number of rotatable bonds is 8. The molecule has 2 heteroatoms. The lowest BCUT2D eigenvalue weighted by Gasteiger charge is -2.22. The molecule has 0 N–H and O–H groups in total. The number of hydrogen-bond donors (Lipinski definition) is 0. The van der Waals surface area contributed by atoms with Gasteiger partial charge >= 0.3 is 0 Å². The Morgan fingerprint density at radius 3 is 3.06 bits per heavy atom. The van der Waals surface area contributed by atoms with E-state index >= 15 is 0 Å². The summed E-state index contributed by atoms with van der Waals surface area (Å²) >= 11 is 0. The van der Waals surface area contributed by atoms with Crippen LogP contribution in [-0.2, 0) is 9.47 Å². The van der Waals surface area contributed by atoms with Crippen molar-refractivity contribution in [3.05, 3.63) is 24.3 Å². The maximum atomic E-state index is 7.46. The normalized spacial score (nSPS) is 24.4. The minimum Gasteiger partial charge on any atom is -0.353 e. The molecule has 1 aliphatic rings. The molecular formula is C15H26O2. The topological polar surface area (TPSA) is 18.5 Å². The van der Waals surface area contributed by atoms with E-state index in [-0.39, 0.29) is 6.29 Å². The van der Waals surface area contributed by atoms with Crippen LogP contribution in [0.2, 0.25) is 0 Å². The lowest BCUT2D eigenvalue weighted by molar-refractivity contribution is -0.162. The lowest BCUT2D eigenvalue weighted by atomic mass is 10.2. The molecule has 98 valence electrons. The third kappa shape index (κ3) is 8.17. The van der Waals surface area contributed by atoms with E-state index in [9.17, 15) is 0 Å². The Balaban J connectivity index is 1.92. The molecule has 1 fully saturated rings. The highest BCUT2D eigenvalue weighted by atomic mass is 16.7. The molecule has 0 aliphatic carbocycles. The van der Waals surface area contributed by atoms with Crippen LogP contribution in [0.25, 0.3) is 0 Å². The summed E-state index contributed by atoms with van der Waals surface area (Å²) < 4.78 is 25.9. The van der Waals surface area contributed by atoms with Crippen LogP contribution in [0, 0.1) is 0 Å². The summed E-state index contributed by atoms with van der Waals surface area (Å²) in [6.07, 6.45) is 11.4. The number of allylic oxidation sites excluding steroid dienone is 4. The highest BCUT2D eigenvalue weighted by Crippen LogP contribution is 2.14. The van der Waals surface area contributed by atoms with E-state index in [1.54, 1.807) is 13.0 Å². The van der Waals surface area contributed by atoms with Gasteiger partial charge in [0.1, 0.15) is 0 Å². The standard InChI is InChI=1S/C15H26O2/c1-2-3-4-5-6-7-8-10-13-16-15-12-9-11-14-17-15/h2-5,15H,6-14H2,1H3/b3-2+,5-4-/i2D,3D. The van der Waals surface area contributed by atoms with Gasteiger partial charge in [-0.2, -0.15) is 0 Å². The van der Waals surface area contributed by atoms with Gasteiger partial charge in [0, 0.05) is 13.2 Å². The van der Waals surface area contributed by atoms with Crippen LogP contribution in [0.3, 0.4) is 0 Å². The molecule has 0 aromatic rings. The monoisotopic (exact) mass is 240 g/mol. The van der Waals surface area contributed by atoms with Gasteiger partial charge in [-0.15, -0.1) is 0 Å². The first-order chi connectivity index (χ1) is 9.20. The average Bonchev–Trinajstić information content (AvgIpc) is 2.42. The predicted molar refractivity (Wildman–Crippen MR) is 72.0 cm³/mol. The Hall–Kier alpha value is -0.600. The molecule has 0 aromatic heterocycles. The number of ether oxygens (including phenoxy) is 2. The first-order valence-corrected chi connectivity index (χ1v) is 6.74. The largest absolute Gasteiger partial charge is 0.353 e. The molecule has 1 heterocycles. The van der Waals surface area contributed by atoms with Crippen molar-refractivity contribution < 1.29 is 12.2 Å². The fourth-order valence-electron chi connectivity index (χ4n) is 1.82. The summed E-state index contributed by atoms with van der Waals surface area (Å²) in [7, 11) is 0. The van der Waals surface area contributed by atoms with Crippen molar-refractivity contribution in [2.45, 2.75) is 58.2 Å². The van der Waals surface area contributed by atoms with Crippen molar-refractivity contribution in [3.8, 4) is 0 Å². The Morgan fingerprint density at radius 2 is 2.29 bits per heavy atom. The van der Waals surface area contributed by atoms with Crippen molar-refractivity contribution in [2.24, 2.45) is 0 Å². The van der Waals surface area contributed by atoms with E-state index in [4.69, 9.17) is 12.2 Å². The smallest absolute Gasteiger partial charge is 0.157 e. The highest BCUT2D eigenvalue weighted by Gasteiger charge is 2.12. The van der Waals surface area contributed by atoms with Crippen LogP contribution in [0.5, 0.6) is 0 Å². The summed E-state index contributed by atoms with van der Waals surface area (Å²) in [6, 6.07) is 0.620.